The number of carbonyl (C=O) groups excluding carboxylic acids is 1. The molecule has 0 aromatic heterocycles. The zero-order valence-corrected chi connectivity index (χ0v) is 10.5. The molecule has 1 N–H and O–H groups in total. The van der Waals surface area contributed by atoms with E-state index in [2.05, 4.69) is 25.2 Å². The Hall–Kier alpha value is -1.31. The van der Waals surface area contributed by atoms with Crippen LogP contribution in [0.4, 0.5) is 5.69 Å². The van der Waals surface area contributed by atoms with E-state index < -0.39 is 0 Å². The van der Waals surface area contributed by atoms with Crippen molar-refractivity contribution in [3.8, 4) is 0 Å². The number of carbonyl (C=O) groups is 1. The highest BCUT2D eigenvalue weighted by atomic mass is 16.1. The minimum Gasteiger partial charge on any atom is -0.326 e. The van der Waals surface area contributed by atoms with Gasteiger partial charge in [-0.15, -0.1) is 0 Å². The zero-order chi connectivity index (χ0) is 12.0. The summed E-state index contributed by atoms with van der Waals surface area (Å²) in [7, 11) is 0. The zero-order valence-electron chi connectivity index (χ0n) is 10.5. The van der Waals surface area contributed by atoms with Gasteiger partial charge in [0, 0.05) is 12.1 Å². The van der Waals surface area contributed by atoms with Crippen LogP contribution in [0.25, 0.3) is 0 Å². The maximum Gasteiger partial charge on any atom is 0.224 e. The molecule has 0 atom stereocenters. The van der Waals surface area contributed by atoms with Crippen LogP contribution in [0.2, 0.25) is 0 Å². The van der Waals surface area contributed by atoms with Crippen LogP contribution in [0.1, 0.15) is 43.7 Å². The molecule has 16 heavy (non-hydrogen) atoms. The third-order valence-corrected chi connectivity index (χ3v) is 2.89. The molecule has 88 valence electrons. The molecule has 0 aliphatic heterocycles. The summed E-state index contributed by atoms with van der Waals surface area (Å²) in [6.07, 6.45) is 3.88. The van der Waals surface area contributed by atoms with Gasteiger partial charge in [0.1, 0.15) is 0 Å². The molecule has 0 fully saturated rings. The fraction of sp³-hybridized carbons (Fsp3) is 0.500. The Labute approximate surface area is 98.1 Å². The molecule has 1 aromatic carbocycles. The number of benzene rings is 1. The largest absolute Gasteiger partial charge is 0.326 e. The first-order valence-electron chi connectivity index (χ1n) is 6.01. The van der Waals surface area contributed by atoms with E-state index >= 15 is 0 Å². The average Bonchev–Trinajstić information content (AvgIpc) is 2.25. The predicted octanol–water partition coefficient (Wildman–Crippen LogP) is 3.82. The Bertz CT molecular complexity index is 358. The lowest BCUT2D eigenvalue weighted by Gasteiger charge is -2.10. The van der Waals surface area contributed by atoms with Gasteiger partial charge in [-0.2, -0.15) is 0 Å². The van der Waals surface area contributed by atoms with Crippen LogP contribution in [-0.2, 0) is 4.79 Å². The van der Waals surface area contributed by atoms with Crippen molar-refractivity contribution < 1.29 is 4.79 Å². The number of hydrogen-bond acceptors (Lipinski definition) is 1. The summed E-state index contributed by atoms with van der Waals surface area (Å²) in [5.41, 5.74) is 3.32. The average molecular weight is 219 g/mol. The van der Waals surface area contributed by atoms with E-state index in [1.807, 2.05) is 19.1 Å². The number of amides is 1. The lowest BCUT2D eigenvalue weighted by molar-refractivity contribution is -0.116. The minimum atomic E-state index is 0.127. The Morgan fingerprint density at radius 1 is 1.25 bits per heavy atom. The fourth-order valence-corrected chi connectivity index (χ4v) is 1.63. The lowest BCUT2D eigenvalue weighted by Crippen LogP contribution is -2.12. The minimum absolute atomic E-state index is 0.127. The van der Waals surface area contributed by atoms with Crippen molar-refractivity contribution in [2.75, 3.05) is 5.32 Å². The van der Waals surface area contributed by atoms with Gasteiger partial charge in [0.25, 0.3) is 0 Å². The number of unbranched alkanes of at least 4 members (excludes halogenated alkanes) is 2. The Balaban J connectivity index is 2.53. The van der Waals surface area contributed by atoms with Crippen LogP contribution in [0.5, 0.6) is 0 Å². The molecule has 1 rings (SSSR count). The Kier molecular flexibility index (Phi) is 5.03. The van der Waals surface area contributed by atoms with E-state index in [0.29, 0.717) is 6.42 Å². The molecule has 0 unspecified atom stereocenters. The summed E-state index contributed by atoms with van der Waals surface area (Å²) >= 11 is 0. The molecule has 0 bridgehead atoms. The van der Waals surface area contributed by atoms with Crippen LogP contribution in [-0.4, -0.2) is 5.91 Å². The second-order valence-electron chi connectivity index (χ2n) is 4.25. The van der Waals surface area contributed by atoms with Gasteiger partial charge >= 0.3 is 0 Å². The predicted molar refractivity (Wildman–Crippen MR) is 68.7 cm³/mol. The summed E-state index contributed by atoms with van der Waals surface area (Å²) in [6.45, 7) is 6.24. The number of rotatable bonds is 5. The Morgan fingerprint density at radius 2 is 2.00 bits per heavy atom. The van der Waals surface area contributed by atoms with E-state index in [0.717, 1.165) is 30.5 Å². The van der Waals surface area contributed by atoms with Crippen LogP contribution < -0.4 is 5.32 Å². The summed E-state index contributed by atoms with van der Waals surface area (Å²) < 4.78 is 0. The second-order valence-corrected chi connectivity index (χ2v) is 4.25. The first-order chi connectivity index (χ1) is 7.65. The maximum atomic E-state index is 11.6. The molecule has 2 nitrogen and oxygen atoms in total. The molecule has 0 saturated heterocycles. The Morgan fingerprint density at radius 3 is 2.69 bits per heavy atom. The van der Waals surface area contributed by atoms with Crippen LogP contribution in [0, 0.1) is 13.8 Å². The van der Waals surface area contributed by atoms with E-state index in [1.165, 1.54) is 5.56 Å². The first-order valence-corrected chi connectivity index (χ1v) is 6.01. The van der Waals surface area contributed by atoms with Gasteiger partial charge in [0.05, 0.1) is 0 Å². The first kappa shape index (κ1) is 12.8. The topological polar surface area (TPSA) is 29.1 Å². The molecule has 0 saturated carbocycles. The highest BCUT2D eigenvalue weighted by Crippen LogP contribution is 2.18. The molecule has 2 heteroatoms. The standard InChI is InChI=1S/C14H21NO/c1-4-5-6-10-14(16)15-13-9-7-8-11(2)12(13)3/h7-9H,4-6,10H2,1-3H3,(H,15,16). The molecule has 0 aliphatic carbocycles. The quantitative estimate of drug-likeness (QED) is 0.749. The van der Waals surface area contributed by atoms with Crippen molar-refractivity contribution in [2.24, 2.45) is 0 Å². The summed E-state index contributed by atoms with van der Waals surface area (Å²) in [4.78, 5) is 11.6. The van der Waals surface area contributed by atoms with Crippen LogP contribution >= 0.6 is 0 Å². The number of anilines is 1. The van der Waals surface area contributed by atoms with Crippen LogP contribution in [0.15, 0.2) is 18.2 Å². The maximum absolute atomic E-state index is 11.6. The van der Waals surface area contributed by atoms with Crippen molar-refractivity contribution in [2.45, 2.75) is 46.5 Å². The molecule has 0 spiro atoms. The van der Waals surface area contributed by atoms with Crippen molar-refractivity contribution in [1.82, 2.24) is 0 Å². The van der Waals surface area contributed by atoms with Gasteiger partial charge in [0.2, 0.25) is 5.91 Å². The van der Waals surface area contributed by atoms with Gasteiger partial charge in [-0.05, 0) is 37.5 Å². The van der Waals surface area contributed by atoms with Crippen molar-refractivity contribution in [3.05, 3.63) is 29.3 Å². The highest BCUT2D eigenvalue weighted by molar-refractivity contribution is 5.91. The molecular formula is C14H21NO. The van der Waals surface area contributed by atoms with E-state index in [4.69, 9.17) is 0 Å². The normalized spacial score (nSPS) is 10.2. The smallest absolute Gasteiger partial charge is 0.224 e. The van der Waals surface area contributed by atoms with Gasteiger partial charge in [-0.1, -0.05) is 31.9 Å². The number of aryl methyl sites for hydroxylation is 1. The van der Waals surface area contributed by atoms with Crippen molar-refractivity contribution in [3.63, 3.8) is 0 Å². The monoisotopic (exact) mass is 219 g/mol. The fourth-order valence-electron chi connectivity index (χ4n) is 1.63. The molecule has 0 heterocycles. The third kappa shape index (κ3) is 3.69. The summed E-state index contributed by atoms with van der Waals surface area (Å²) in [5.74, 6) is 0.127. The molecular weight excluding hydrogens is 198 g/mol. The summed E-state index contributed by atoms with van der Waals surface area (Å²) in [6, 6.07) is 5.99. The highest BCUT2D eigenvalue weighted by Gasteiger charge is 2.05. The van der Waals surface area contributed by atoms with Gasteiger partial charge in [-0.3, -0.25) is 4.79 Å². The molecule has 1 amide bonds. The summed E-state index contributed by atoms with van der Waals surface area (Å²) in [5, 5.41) is 2.97. The second kappa shape index (κ2) is 6.31. The van der Waals surface area contributed by atoms with Gasteiger partial charge in [0.15, 0.2) is 0 Å². The van der Waals surface area contributed by atoms with Crippen molar-refractivity contribution in [1.29, 1.82) is 0 Å². The van der Waals surface area contributed by atoms with E-state index in [1.54, 1.807) is 0 Å². The van der Waals surface area contributed by atoms with Gasteiger partial charge in [-0.25, -0.2) is 0 Å². The SMILES string of the molecule is CCCCCC(=O)Nc1cccc(C)c1C. The van der Waals surface area contributed by atoms with Crippen molar-refractivity contribution >= 4 is 11.6 Å². The molecule has 0 aliphatic rings. The number of nitrogens with one attached hydrogen (secondary N) is 1. The van der Waals surface area contributed by atoms with Gasteiger partial charge < -0.3 is 5.32 Å². The third-order valence-electron chi connectivity index (χ3n) is 2.89. The lowest BCUT2D eigenvalue weighted by atomic mass is 10.1. The van der Waals surface area contributed by atoms with E-state index in [-0.39, 0.29) is 5.91 Å². The molecule has 0 radical (unpaired) electrons. The molecule has 1 aromatic rings. The van der Waals surface area contributed by atoms with E-state index in [9.17, 15) is 4.79 Å². The number of hydrogen-bond donors (Lipinski definition) is 1. The van der Waals surface area contributed by atoms with Crippen LogP contribution in [0.3, 0.4) is 0 Å².